The third kappa shape index (κ3) is 2.21. The first-order valence-electron chi connectivity index (χ1n) is 5.65. The maximum Gasteiger partial charge on any atom is 0.261 e. The summed E-state index contributed by atoms with van der Waals surface area (Å²) < 4.78 is 18.8. The first kappa shape index (κ1) is 12.6. The molecule has 0 aliphatic heterocycles. The molecular weight excluding hydrogens is 283 g/mol. The number of nitrogens with two attached hydrogens (primary N) is 1. The highest BCUT2D eigenvalue weighted by Gasteiger charge is 2.16. The SMILES string of the molecule is Nc1ccc(-c2nc(-c3ncccc3Cl)no2)c(F)c1. The Morgan fingerprint density at radius 2 is 2.10 bits per heavy atom. The Hall–Kier alpha value is -2.47. The average Bonchev–Trinajstić information content (AvgIpc) is 2.88. The largest absolute Gasteiger partial charge is 0.399 e. The molecule has 2 heterocycles. The Morgan fingerprint density at radius 3 is 2.85 bits per heavy atom. The van der Waals surface area contributed by atoms with E-state index in [-0.39, 0.29) is 17.3 Å². The lowest BCUT2D eigenvalue weighted by atomic mass is 10.2. The number of rotatable bonds is 2. The van der Waals surface area contributed by atoms with Crippen LogP contribution in [-0.2, 0) is 0 Å². The molecule has 0 amide bonds. The van der Waals surface area contributed by atoms with Gasteiger partial charge in [0.1, 0.15) is 11.5 Å². The Bertz CT molecular complexity index is 775. The van der Waals surface area contributed by atoms with Gasteiger partial charge in [0.2, 0.25) is 5.82 Å². The number of anilines is 1. The molecule has 1 aromatic carbocycles. The van der Waals surface area contributed by atoms with Crippen molar-refractivity contribution < 1.29 is 8.91 Å². The van der Waals surface area contributed by atoms with Crippen LogP contribution >= 0.6 is 11.6 Å². The van der Waals surface area contributed by atoms with Crippen LogP contribution in [0.3, 0.4) is 0 Å². The lowest BCUT2D eigenvalue weighted by molar-refractivity contribution is 0.429. The zero-order valence-electron chi connectivity index (χ0n) is 10.0. The predicted octanol–water partition coefficient (Wildman–Crippen LogP) is 3.17. The summed E-state index contributed by atoms with van der Waals surface area (Å²) in [5.41, 5.74) is 6.35. The summed E-state index contributed by atoms with van der Waals surface area (Å²) in [5, 5.41) is 4.14. The molecule has 5 nitrogen and oxygen atoms in total. The Labute approximate surface area is 118 Å². The van der Waals surface area contributed by atoms with Gasteiger partial charge in [0, 0.05) is 11.9 Å². The van der Waals surface area contributed by atoms with E-state index in [1.807, 2.05) is 0 Å². The monoisotopic (exact) mass is 290 g/mol. The first-order chi connectivity index (χ1) is 9.65. The molecule has 0 radical (unpaired) electrons. The van der Waals surface area contributed by atoms with Gasteiger partial charge < -0.3 is 10.3 Å². The van der Waals surface area contributed by atoms with E-state index < -0.39 is 5.82 Å². The van der Waals surface area contributed by atoms with Gasteiger partial charge in [0.25, 0.3) is 5.89 Å². The molecule has 0 bridgehead atoms. The Balaban J connectivity index is 2.04. The molecule has 0 fully saturated rings. The lowest BCUT2D eigenvalue weighted by Gasteiger charge is -1.98. The molecular formula is C13H8ClFN4O. The van der Waals surface area contributed by atoms with Crippen molar-refractivity contribution in [2.75, 3.05) is 5.73 Å². The fourth-order valence-corrected chi connectivity index (χ4v) is 1.89. The van der Waals surface area contributed by atoms with E-state index in [1.54, 1.807) is 24.4 Å². The van der Waals surface area contributed by atoms with Crippen LogP contribution in [0.2, 0.25) is 5.02 Å². The number of hydrogen-bond acceptors (Lipinski definition) is 5. The van der Waals surface area contributed by atoms with Crippen LogP contribution in [-0.4, -0.2) is 15.1 Å². The topological polar surface area (TPSA) is 77.8 Å². The van der Waals surface area contributed by atoms with Crippen molar-refractivity contribution in [2.24, 2.45) is 0 Å². The predicted molar refractivity (Wildman–Crippen MR) is 72.3 cm³/mol. The quantitative estimate of drug-likeness (QED) is 0.733. The zero-order chi connectivity index (χ0) is 14.1. The van der Waals surface area contributed by atoms with E-state index in [9.17, 15) is 4.39 Å². The van der Waals surface area contributed by atoms with Crippen molar-refractivity contribution in [2.45, 2.75) is 0 Å². The van der Waals surface area contributed by atoms with Gasteiger partial charge in [0.15, 0.2) is 0 Å². The normalized spacial score (nSPS) is 10.7. The summed E-state index contributed by atoms with van der Waals surface area (Å²) in [7, 11) is 0. The highest BCUT2D eigenvalue weighted by Crippen LogP contribution is 2.27. The molecule has 0 atom stereocenters. The van der Waals surface area contributed by atoms with Gasteiger partial charge in [-0.3, -0.25) is 4.98 Å². The molecule has 100 valence electrons. The van der Waals surface area contributed by atoms with E-state index in [0.717, 1.165) is 0 Å². The third-order valence-corrected chi connectivity index (χ3v) is 2.92. The number of halogens is 2. The molecule has 0 aliphatic rings. The first-order valence-corrected chi connectivity index (χ1v) is 6.03. The molecule has 0 unspecified atom stereocenters. The molecule has 2 aromatic heterocycles. The number of pyridine rings is 1. The molecule has 0 saturated heterocycles. The second-order valence-corrected chi connectivity index (χ2v) is 4.40. The third-order valence-electron chi connectivity index (χ3n) is 2.62. The summed E-state index contributed by atoms with van der Waals surface area (Å²) in [5.74, 6) is -0.298. The smallest absolute Gasteiger partial charge is 0.261 e. The van der Waals surface area contributed by atoms with Crippen molar-refractivity contribution in [3.8, 4) is 23.0 Å². The van der Waals surface area contributed by atoms with Gasteiger partial charge in [-0.05, 0) is 30.3 Å². The molecule has 3 rings (SSSR count). The number of hydrogen-bond donors (Lipinski definition) is 1. The second kappa shape index (κ2) is 4.90. The van der Waals surface area contributed by atoms with Crippen LogP contribution in [0.1, 0.15) is 0 Å². The summed E-state index contributed by atoms with van der Waals surface area (Å²) in [6.07, 6.45) is 1.56. The molecule has 3 aromatic rings. The lowest BCUT2D eigenvalue weighted by Crippen LogP contribution is -1.90. The van der Waals surface area contributed by atoms with Crippen molar-refractivity contribution >= 4 is 17.3 Å². The van der Waals surface area contributed by atoms with E-state index in [2.05, 4.69) is 15.1 Å². The van der Waals surface area contributed by atoms with Gasteiger partial charge in [-0.2, -0.15) is 4.98 Å². The number of benzene rings is 1. The van der Waals surface area contributed by atoms with Crippen LogP contribution in [0.5, 0.6) is 0 Å². The number of nitrogens with zero attached hydrogens (tertiary/aromatic N) is 3. The minimum absolute atomic E-state index is 0.0409. The standard InChI is InChI=1S/C13H8ClFN4O/c14-9-2-1-5-17-11(9)12-18-13(20-19-12)8-4-3-7(16)6-10(8)15/h1-6H,16H2. The minimum Gasteiger partial charge on any atom is -0.399 e. The molecule has 0 saturated carbocycles. The van der Waals surface area contributed by atoms with Gasteiger partial charge in [-0.25, -0.2) is 4.39 Å². The second-order valence-electron chi connectivity index (χ2n) is 4.00. The van der Waals surface area contributed by atoms with Crippen molar-refractivity contribution in [1.29, 1.82) is 0 Å². The van der Waals surface area contributed by atoms with Crippen LogP contribution in [0.15, 0.2) is 41.1 Å². The van der Waals surface area contributed by atoms with Crippen LogP contribution < -0.4 is 5.73 Å². The molecule has 0 aliphatic carbocycles. The number of aromatic nitrogens is 3. The van der Waals surface area contributed by atoms with E-state index in [0.29, 0.717) is 16.4 Å². The summed E-state index contributed by atoms with van der Waals surface area (Å²) in [6.45, 7) is 0. The highest BCUT2D eigenvalue weighted by atomic mass is 35.5. The molecule has 20 heavy (non-hydrogen) atoms. The Kier molecular flexibility index (Phi) is 3.08. The highest BCUT2D eigenvalue weighted by molar-refractivity contribution is 6.32. The van der Waals surface area contributed by atoms with E-state index in [4.69, 9.17) is 21.9 Å². The van der Waals surface area contributed by atoms with Gasteiger partial charge >= 0.3 is 0 Å². The maximum atomic E-state index is 13.8. The van der Waals surface area contributed by atoms with E-state index >= 15 is 0 Å². The molecule has 2 N–H and O–H groups in total. The van der Waals surface area contributed by atoms with Gasteiger partial charge in [-0.15, -0.1) is 0 Å². The van der Waals surface area contributed by atoms with Crippen LogP contribution in [0.4, 0.5) is 10.1 Å². The van der Waals surface area contributed by atoms with Gasteiger partial charge in [0.05, 0.1) is 10.6 Å². The van der Waals surface area contributed by atoms with Crippen LogP contribution in [0.25, 0.3) is 23.0 Å². The average molecular weight is 291 g/mol. The fraction of sp³-hybridized carbons (Fsp3) is 0. The molecule has 0 spiro atoms. The van der Waals surface area contributed by atoms with E-state index in [1.165, 1.54) is 12.1 Å². The minimum atomic E-state index is -0.535. The molecule has 7 heteroatoms. The zero-order valence-corrected chi connectivity index (χ0v) is 10.8. The summed E-state index contributed by atoms with van der Waals surface area (Å²) in [4.78, 5) is 8.16. The number of nitrogen functional groups attached to an aromatic ring is 1. The summed E-state index contributed by atoms with van der Waals surface area (Å²) in [6, 6.07) is 7.56. The summed E-state index contributed by atoms with van der Waals surface area (Å²) >= 11 is 5.99. The maximum absolute atomic E-state index is 13.8. The van der Waals surface area contributed by atoms with Crippen LogP contribution in [0, 0.1) is 5.82 Å². The van der Waals surface area contributed by atoms with Crippen molar-refractivity contribution in [1.82, 2.24) is 15.1 Å². The fourth-order valence-electron chi connectivity index (χ4n) is 1.68. The van der Waals surface area contributed by atoms with Gasteiger partial charge in [-0.1, -0.05) is 16.8 Å². The Morgan fingerprint density at radius 1 is 1.25 bits per heavy atom. The van der Waals surface area contributed by atoms with Crippen molar-refractivity contribution in [3.05, 3.63) is 47.4 Å². The van der Waals surface area contributed by atoms with Crippen molar-refractivity contribution in [3.63, 3.8) is 0 Å².